The fraction of sp³-hybridized carbons (Fsp3) is 0.632. The average molecular weight is 387 g/mol. The molecule has 150 valence electrons. The van der Waals surface area contributed by atoms with Gasteiger partial charge in [0.15, 0.2) is 0 Å². The van der Waals surface area contributed by atoms with Crippen LogP contribution in [0, 0.1) is 11.7 Å². The summed E-state index contributed by atoms with van der Waals surface area (Å²) in [5.41, 5.74) is 0.945. The largest absolute Gasteiger partial charge is 0.391 e. The fourth-order valence-electron chi connectivity index (χ4n) is 3.91. The Bertz CT molecular complexity index is 627. The molecule has 1 aromatic carbocycles. The Balaban J connectivity index is 1.42. The van der Waals surface area contributed by atoms with Crippen LogP contribution in [0.2, 0.25) is 0 Å². The molecule has 0 spiro atoms. The quantitative estimate of drug-likeness (QED) is 0.806. The van der Waals surface area contributed by atoms with Gasteiger partial charge in [-0.25, -0.2) is 4.39 Å². The second-order valence-corrected chi connectivity index (χ2v) is 7.41. The third-order valence-corrected chi connectivity index (χ3v) is 5.43. The lowest BCUT2D eigenvalue weighted by Crippen LogP contribution is -2.51. The number of hydrogen-bond acceptors (Lipinski definition) is 3. The van der Waals surface area contributed by atoms with Gasteiger partial charge in [-0.15, -0.1) is 0 Å². The maximum atomic E-state index is 13.0. The van der Waals surface area contributed by atoms with Crippen molar-refractivity contribution in [2.45, 2.75) is 37.9 Å². The molecule has 2 atom stereocenters. The number of halogens is 4. The van der Waals surface area contributed by atoms with Crippen LogP contribution in [0.1, 0.15) is 25.7 Å². The summed E-state index contributed by atoms with van der Waals surface area (Å²) >= 11 is 0. The molecule has 3 rings (SSSR count). The smallest absolute Gasteiger partial charge is 0.369 e. The maximum absolute atomic E-state index is 13.0. The first-order valence-electron chi connectivity index (χ1n) is 9.40. The summed E-state index contributed by atoms with van der Waals surface area (Å²) in [6.07, 6.45) is -2.95. The summed E-state index contributed by atoms with van der Waals surface area (Å²) in [4.78, 5) is 16.4. The fourth-order valence-corrected chi connectivity index (χ4v) is 3.91. The lowest BCUT2D eigenvalue weighted by atomic mass is 9.85. The zero-order chi connectivity index (χ0) is 19.4. The summed E-state index contributed by atoms with van der Waals surface area (Å²) in [6.45, 7) is 3.00. The zero-order valence-electron chi connectivity index (χ0n) is 15.1. The molecule has 27 heavy (non-hydrogen) atoms. The third kappa shape index (κ3) is 5.57. The van der Waals surface area contributed by atoms with Gasteiger partial charge in [0, 0.05) is 37.9 Å². The Morgan fingerprint density at radius 2 is 1.74 bits per heavy atom. The van der Waals surface area contributed by atoms with Gasteiger partial charge in [-0.1, -0.05) is 6.42 Å². The maximum Gasteiger partial charge on any atom is 0.391 e. The second kappa shape index (κ2) is 8.46. The van der Waals surface area contributed by atoms with Crippen LogP contribution < -0.4 is 10.2 Å². The van der Waals surface area contributed by atoms with Gasteiger partial charge in [-0.2, -0.15) is 13.2 Å². The van der Waals surface area contributed by atoms with Crippen molar-refractivity contribution < 1.29 is 22.4 Å². The van der Waals surface area contributed by atoms with Crippen molar-refractivity contribution in [3.05, 3.63) is 30.1 Å². The van der Waals surface area contributed by atoms with E-state index in [9.17, 15) is 22.4 Å². The normalized spacial score (nSPS) is 24.7. The molecule has 8 heteroatoms. The Morgan fingerprint density at radius 3 is 2.37 bits per heavy atom. The van der Waals surface area contributed by atoms with E-state index in [-0.39, 0.29) is 31.1 Å². The Labute approximate surface area is 156 Å². The highest BCUT2D eigenvalue weighted by Gasteiger charge is 2.42. The van der Waals surface area contributed by atoms with E-state index < -0.39 is 18.1 Å². The van der Waals surface area contributed by atoms with Crippen LogP contribution >= 0.6 is 0 Å². The minimum atomic E-state index is -4.18. The number of carbonyl (C=O) groups excluding carboxylic acids is 1. The standard InChI is InChI=1S/C19H25F4N3O/c20-15-4-6-17(7-5-15)26-10-8-25(9-11-26)13-18(27)24-16-3-1-2-14(12-16)19(21,22)23/h4-7,14,16H,1-3,8-13H2,(H,24,27)/t14-,16+/m1/s1. The van der Waals surface area contributed by atoms with E-state index in [0.29, 0.717) is 25.9 Å². The molecule has 1 aromatic rings. The molecular weight excluding hydrogens is 362 g/mol. The van der Waals surface area contributed by atoms with Crippen LogP contribution in [0.5, 0.6) is 0 Å². The Morgan fingerprint density at radius 1 is 1.07 bits per heavy atom. The van der Waals surface area contributed by atoms with E-state index in [0.717, 1.165) is 18.8 Å². The highest BCUT2D eigenvalue weighted by Crippen LogP contribution is 2.37. The summed E-state index contributed by atoms with van der Waals surface area (Å²) in [6, 6.07) is 5.93. The SMILES string of the molecule is O=C(CN1CCN(c2ccc(F)cc2)CC1)N[C@H]1CCC[C@@H](C(F)(F)F)C1. The van der Waals surface area contributed by atoms with Crippen LogP contribution in [0.15, 0.2) is 24.3 Å². The van der Waals surface area contributed by atoms with E-state index in [1.165, 1.54) is 12.1 Å². The molecule has 1 saturated carbocycles. The van der Waals surface area contributed by atoms with Gasteiger partial charge in [0.1, 0.15) is 5.82 Å². The van der Waals surface area contributed by atoms with E-state index in [4.69, 9.17) is 0 Å². The van der Waals surface area contributed by atoms with Crippen LogP contribution in [-0.4, -0.2) is 55.7 Å². The number of carbonyl (C=O) groups is 1. The van der Waals surface area contributed by atoms with Gasteiger partial charge in [-0.05, 0) is 43.5 Å². The van der Waals surface area contributed by atoms with E-state index in [2.05, 4.69) is 10.2 Å². The van der Waals surface area contributed by atoms with Crippen LogP contribution in [-0.2, 0) is 4.79 Å². The number of benzene rings is 1. The average Bonchev–Trinajstić information content (AvgIpc) is 2.62. The monoisotopic (exact) mass is 387 g/mol. The zero-order valence-corrected chi connectivity index (χ0v) is 15.1. The predicted octanol–water partition coefficient (Wildman–Crippen LogP) is 3.19. The van der Waals surface area contributed by atoms with Crippen molar-refractivity contribution >= 4 is 11.6 Å². The number of alkyl halides is 3. The molecular formula is C19H25F4N3O. The molecule has 0 unspecified atom stereocenters. The molecule has 0 bridgehead atoms. The van der Waals surface area contributed by atoms with Gasteiger partial charge < -0.3 is 10.2 Å². The number of rotatable bonds is 4. The molecule has 1 aliphatic carbocycles. The van der Waals surface area contributed by atoms with E-state index >= 15 is 0 Å². The molecule has 0 aromatic heterocycles. The predicted molar refractivity (Wildman–Crippen MR) is 95.0 cm³/mol. The first kappa shape index (κ1) is 19.9. The molecule has 0 radical (unpaired) electrons. The van der Waals surface area contributed by atoms with Crippen molar-refractivity contribution in [1.82, 2.24) is 10.2 Å². The van der Waals surface area contributed by atoms with Gasteiger partial charge in [0.05, 0.1) is 12.5 Å². The summed E-state index contributed by atoms with van der Waals surface area (Å²) in [7, 11) is 0. The van der Waals surface area contributed by atoms with Gasteiger partial charge in [-0.3, -0.25) is 9.69 Å². The number of nitrogens with one attached hydrogen (secondary N) is 1. The second-order valence-electron chi connectivity index (χ2n) is 7.41. The molecule has 4 nitrogen and oxygen atoms in total. The first-order chi connectivity index (χ1) is 12.8. The summed E-state index contributed by atoms with van der Waals surface area (Å²) < 4.78 is 51.6. The minimum Gasteiger partial charge on any atom is -0.369 e. The molecule has 1 heterocycles. The Kier molecular flexibility index (Phi) is 6.24. The molecule has 1 aliphatic heterocycles. The molecule has 1 amide bonds. The van der Waals surface area contributed by atoms with Gasteiger partial charge >= 0.3 is 6.18 Å². The first-order valence-corrected chi connectivity index (χ1v) is 9.40. The highest BCUT2D eigenvalue weighted by molar-refractivity contribution is 5.78. The third-order valence-electron chi connectivity index (χ3n) is 5.43. The lowest BCUT2D eigenvalue weighted by Gasteiger charge is -2.36. The number of nitrogens with zero attached hydrogens (tertiary/aromatic N) is 2. The summed E-state index contributed by atoms with van der Waals surface area (Å²) in [5.74, 6) is -1.79. The summed E-state index contributed by atoms with van der Waals surface area (Å²) in [5, 5.41) is 2.78. The van der Waals surface area contributed by atoms with Crippen molar-refractivity contribution in [3.63, 3.8) is 0 Å². The molecule has 2 aliphatic rings. The van der Waals surface area contributed by atoms with Crippen molar-refractivity contribution in [2.75, 3.05) is 37.6 Å². The number of amides is 1. The van der Waals surface area contributed by atoms with Gasteiger partial charge in [0.25, 0.3) is 0 Å². The number of hydrogen-bond donors (Lipinski definition) is 1. The van der Waals surface area contributed by atoms with Crippen molar-refractivity contribution in [2.24, 2.45) is 5.92 Å². The lowest BCUT2D eigenvalue weighted by molar-refractivity contribution is -0.184. The highest BCUT2D eigenvalue weighted by atomic mass is 19.4. The van der Waals surface area contributed by atoms with Crippen LogP contribution in [0.3, 0.4) is 0 Å². The molecule has 1 saturated heterocycles. The van der Waals surface area contributed by atoms with Crippen LogP contribution in [0.25, 0.3) is 0 Å². The Hall–Kier alpha value is -1.83. The van der Waals surface area contributed by atoms with Gasteiger partial charge in [0.2, 0.25) is 5.91 Å². The number of anilines is 1. The number of piperazine rings is 1. The van der Waals surface area contributed by atoms with E-state index in [1.54, 1.807) is 12.1 Å². The van der Waals surface area contributed by atoms with Crippen LogP contribution in [0.4, 0.5) is 23.2 Å². The van der Waals surface area contributed by atoms with Crippen molar-refractivity contribution in [3.8, 4) is 0 Å². The van der Waals surface area contributed by atoms with E-state index in [1.807, 2.05) is 4.90 Å². The topological polar surface area (TPSA) is 35.6 Å². The molecule has 2 fully saturated rings. The molecule has 1 N–H and O–H groups in total. The minimum absolute atomic E-state index is 0.0203. The van der Waals surface area contributed by atoms with Crippen molar-refractivity contribution in [1.29, 1.82) is 0 Å².